The molecule has 0 unspecified atom stereocenters. The molecule has 0 aromatic carbocycles. The van der Waals surface area contributed by atoms with Crippen molar-refractivity contribution in [3.05, 3.63) is 26.2 Å². The molecule has 13 heavy (non-hydrogen) atoms. The molecule has 0 atom stereocenters. The molecule has 1 aromatic rings. The van der Waals surface area contributed by atoms with Gasteiger partial charge in [0.15, 0.2) is 0 Å². The van der Waals surface area contributed by atoms with Gasteiger partial charge in [-0.1, -0.05) is 0 Å². The lowest BCUT2D eigenvalue weighted by molar-refractivity contribution is 0.188. The van der Waals surface area contributed by atoms with Gasteiger partial charge >= 0.3 is 0 Å². The van der Waals surface area contributed by atoms with Gasteiger partial charge in [0.2, 0.25) is 0 Å². The Morgan fingerprint density at radius 3 is 3.08 bits per heavy atom. The average molecular weight is 294 g/mol. The van der Waals surface area contributed by atoms with E-state index in [0.29, 0.717) is 13.2 Å². The fourth-order valence-corrected chi connectivity index (χ4v) is 1.33. The second-order valence-corrected chi connectivity index (χ2v) is 3.83. The molecule has 0 radical (unpaired) electrons. The van der Waals surface area contributed by atoms with Crippen molar-refractivity contribution in [3.63, 3.8) is 0 Å². The quantitative estimate of drug-likeness (QED) is 0.612. The van der Waals surface area contributed by atoms with Crippen molar-refractivity contribution in [2.24, 2.45) is 0 Å². The van der Waals surface area contributed by atoms with Gasteiger partial charge in [-0.15, -0.1) is 0 Å². The summed E-state index contributed by atoms with van der Waals surface area (Å²) in [4.78, 5) is 11.3. The molecule has 0 saturated heterocycles. The van der Waals surface area contributed by atoms with Crippen LogP contribution < -0.4 is 5.56 Å². The van der Waals surface area contributed by atoms with Crippen molar-refractivity contribution < 1.29 is 4.74 Å². The highest BCUT2D eigenvalue weighted by molar-refractivity contribution is 14.1. The highest BCUT2D eigenvalue weighted by Crippen LogP contribution is 1.96. The summed E-state index contributed by atoms with van der Waals surface area (Å²) >= 11 is 2.07. The minimum Gasteiger partial charge on any atom is -0.385 e. The summed E-state index contributed by atoms with van der Waals surface area (Å²) in [7, 11) is 1.64. The van der Waals surface area contributed by atoms with Crippen LogP contribution in [0.15, 0.2) is 17.1 Å². The largest absolute Gasteiger partial charge is 0.385 e. The minimum atomic E-state index is -0.0528. The molecule has 0 aliphatic heterocycles. The van der Waals surface area contributed by atoms with Crippen molar-refractivity contribution in [1.29, 1.82) is 0 Å². The molecule has 0 spiro atoms. The molecule has 4 nitrogen and oxygen atoms in total. The molecule has 1 rings (SSSR count). The fourth-order valence-electron chi connectivity index (χ4n) is 0.938. The molecule has 0 N–H and O–H groups in total. The predicted octanol–water partition coefficient (Wildman–Crippen LogP) is 0.884. The topological polar surface area (TPSA) is 44.1 Å². The summed E-state index contributed by atoms with van der Waals surface area (Å²) in [5, 5.41) is 3.99. The van der Waals surface area contributed by atoms with Crippen LogP contribution >= 0.6 is 22.6 Å². The summed E-state index contributed by atoms with van der Waals surface area (Å²) in [5.41, 5.74) is -0.0528. The summed E-state index contributed by atoms with van der Waals surface area (Å²) in [5.74, 6) is 0. The maximum atomic E-state index is 11.3. The van der Waals surface area contributed by atoms with Crippen molar-refractivity contribution in [2.75, 3.05) is 13.7 Å². The number of ether oxygens (including phenoxy) is 1. The Hall–Kier alpha value is -0.430. The van der Waals surface area contributed by atoms with Gasteiger partial charge in [0, 0.05) is 29.9 Å². The van der Waals surface area contributed by atoms with E-state index in [0.717, 1.165) is 9.99 Å². The number of aromatic nitrogens is 2. The molecular weight excluding hydrogens is 283 g/mol. The normalized spacial score (nSPS) is 10.3. The van der Waals surface area contributed by atoms with Crippen molar-refractivity contribution >= 4 is 22.6 Å². The fraction of sp³-hybridized carbons (Fsp3) is 0.500. The van der Waals surface area contributed by atoms with Crippen LogP contribution in [0.4, 0.5) is 0 Å². The molecule has 0 saturated carbocycles. The zero-order valence-corrected chi connectivity index (χ0v) is 9.52. The van der Waals surface area contributed by atoms with Crippen molar-refractivity contribution in [2.45, 2.75) is 13.0 Å². The van der Waals surface area contributed by atoms with Gasteiger partial charge in [-0.05, 0) is 29.0 Å². The first-order chi connectivity index (χ1) is 6.24. The smallest absolute Gasteiger partial charge is 0.267 e. The Labute approximate surface area is 90.0 Å². The maximum Gasteiger partial charge on any atom is 0.267 e. The minimum absolute atomic E-state index is 0.0528. The summed E-state index contributed by atoms with van der Waals surface area (Å²) in [6, 6.07) is 1.57. The van der Waals surface area contributed by atoms with Gasteiger partial charge < -0.3 is 4.74 Å². The molecule has 72 valence electrons. The summed E-state index contributed by atoms with van der Waals surface area (Å²) < 4.78 is 7.19. The van der Waals surface area contributed by atoms with Gasteiger partial charge in [0.05, 0.1) is 6.20 Å². The van der Waals surface area contributed by atoms with E-state index in [4.69, 9.17) is 4.74 Å². The van der Waals surface area contributed by atoms with Crippen LogP contribution in [0.2, 0.25) is 0 Å². The third kappa shape index (κ3) is 3.43. The summed E-state index contributed by atoms with van der Waals surface area (Å²) in [6.07, 6.45) is 2.48. The highest BCUT2D eigenvalue weighted by atomic mass is 127. The molecular formula is C8H11IN2O2. The Kier molecular flexibility index (Phi) is 4.37. The Balaban J connectivity index is 2.62. The number of methoxy groups -OCH3 is 1. The van der Waals surface area contributed by atoms with Crippen LogP contribution in [0.3, 0.4) is 0 Å². The Morgan fingerprint density at radius 2 is 2.46 bits per heavy atom. The monoisotopic (exact) mass is 294 g/mol. The van der Waals surface area contributed by atoms with Crippen LogP contribution in [-0.4, -0.2) is 23.5 Å². The third-order valence-electron chi connectivity index (χ3n) is 1.55. The van der Waals surface area contributed by atoms with E-state index in [2.05, 4.69) is 27.7 Å². The molecule has 0 bridgehead atoms. The molecule has 0 fully saturated rings. The first kappa shape index (κ1) is 10.6. The standard InChI is InChI=1S/C8H11IN2O2/c1-13-4-2-3-11-8(12)5-7(9)6-10-11/h5-6H,2-4H2,1H3. The van der Waals surface area contributed by atoms with Gasteiger partial charge in [-0.2, -0.15) is 5.10 Å². The molecule has 1 aromatic heterocycles. The molecule has 0 aliphatic carbocycles. The lowest BCUT2D eigenvalue weighted by atomic mass is 10.4. The molecule has 1 heterocycles. The SMILES string of the molecule is COCCCn1ncc(I)cc1=O. The summed E-state index contributed by atoms with van der Waals surface area (Å²) in [6.45, 7) is 1.27. The van der Waals surface area contributed by atoms with Gasteiger partial charge in [-0.3, -0.25) is 4.79 Å². The third-order valence-corrected chi connectivity index (χ3v) is 2.14. The number of hydrogen-bond donors (Lipinski definition) is 0. The second kappa shape index (κ2) is 5.33. The van der Waals surface area contributed by atoms with E-state index in [1.54, 1.807) is 19.4 Å². The van der Waals surface area contributed by atoms with Crippen molar-refractivity contribution in [1.82, 2.24) is 9.78 Å². The number of aryl methyl sites for hydroxylation is 1. The van der Waals surface area contributed by atoms with Crippen LogP contribution in [-0.2, 0) is 11.3 Å². The highest BCUT2D eigenvalue weighted by Gasteiger charge is 1.97. The first-order valence-corrected chi connectivity index (χ1v) is 5.03. The second-order valence-electron chi connectivity index (χ2n) is 2.58. The van der Waals surface area contributed by atoms with Crippen LogP contribution in [0.1, 0.15) is 6.42 Å². The Bertz CT molecular complexity index is 324. The zero-order valence-electron chi connectivity index (χ0n) is 7.36. The lowest BCUT2D eigenvalue weighted by Gasteiger charge is -2.02. The van der Waals surface area contributed by atoms with Gasteiger partial charge in [0.25, 0.3) is 5.56 Å². The molecule has 0 amide bonds. The number of rotatable bonds is 4. The zero-order chi connectivity index (χ0) is 9.68. The Morgan fingerprint density at radius 1 is 1.69 bits per heavy atom. The molecule has 5 heteroatoms. The number of nitrogens with zero attached hydrogens (tertiary/aromatic N) is 2. The van der Waals surface area contributed by atoms with Gasteiger partial charge in [0.1, 0.15) is 0 Å². The van der Waals surface area contributed by atoms with E-state index in [1.807, 2.05) is 0 Å². The number of halogens is 1. The van der Waals surface area contributed by atoms with Crippen LogP contribution in [0.5, 0.6) is 0 Å². The van der Waals surface area contributed by atoms with Gasteiger partial charge in [-0.25, -0.2) is 4.68 Å². The van der Waals surface area contributed by atoms with E-state index in [9.17, 15) is 4.79 Å². The van der Waals surface area contributed by atoms with Crippen molar-refractivity contribution in [3.8, 4) is 0 Å². The number of hydrogen-bond acceptors (Lipinski definition) is 3. The lowest BCUT2D eigenvalue weighted by Crippen LogP contribution is -2.22. The predicted molar refractivity (Wildman–Crippen MR) is 57.7 cm³/mol. The van der Waals surface area contributed by atoms with E-state index in [-0.39, 0.29) is 5.56 Å². The van der Waals surface area contributed by atoms with E-state index >= 15 is 0 Å². The molecule has 0 aliphatic rings. The van der Waals surface area contributed by atoms with E-state index < -0.39 is 0 Å². The van der Waals surface area contributed by atoms with Crippen LogP contribution in [0, 0.1) is 3.57 Å². The van der Waals surface area contributed by atoms with Crippen LogP contribution in [0.25, 0.3) is 0 Å². The average Bonchev–Trinajstić information content (AvgIpc) is 2.09. The first-order valence-electron chi connectivity index (χ1n) is 3.95. The van der Waals surface area contributed by atoms with E-state index in [1.165, 1.54) is 4.68 Å². The maximum absolute atomic E-state index is 11.3.